The number of nitrogens with zero attached hydrogens (tertiary/aromatic N) is 1. The summed E-state index contributed by atoms with van der Waals surface area (Å²) >= 11 is 0. The summed E-state index contributed by atoms with van der Waals surface area (Å²) in [5, 5.41) is 2.91. The third kappa shape index (κ3) is 3.49. The molecule has 1 aliphatic carbocycles. The van der Waals surface area contributed by atoms with Crippen LogP contribution in [0.3, 0.4) is 0 Å². The molecule has 6 nitrogen and oxygen atoms in total. The van der Waals surface area contributed by atoms with Crippen LogP contribution in [0.1, 0.15) is 37.8 Å². The Morgan fingerprint density at radius 2 is 1.81 bits per heavy atom. The van der Waals surface area contributed by atoms with Gasteiger partial charge in [-0.15, -0.1) is 0 Å². The number of carbonyl (C=O) groups is 3. The minimum Gasteiger partial charge on any atom is -0.496 e. The van der Waals surface area contributed by atoms with Crippen LogP contribution in [0.5, 0.6) is 5.75 Å². The lowest BCUT2D eigenvalue weighted by Gasteiger charge is -2.19. The second-order valence-electron chi connectivity index (χ2n) is 6.77. The highest BCUT2D eigenvalue weighted by molar-refractivity contribution is 6.05. The first kappa shape index (κ1) is 18.2. The first-order valence-electron chi connectivity index (χ1n) is 8.95. The monoisotopic (exact) mass is 356 g/mol. The molecule has 138 valence electrons. The van der Waals surface area contributed by atoms with Gasteiger partial charge in [0.15, 0.2) is 0 Å². The Labute approximate surface area is 153 Å². The Balaban J connectivity index is 1.56. The molecule has 0 radical (unpaired) electrons. The summed E-state index contributed by atoms with van der Waals surface area (Å²) in [5.41, 5.74) is 0.883. The largest absolute Gasteiger partial charge is 0.496 e. The number of benzene rings is 1. The van der Waals surface area contributed by atoms with Crippen LogP contribution in [0, 0.1) is 11.8 Å². The van der Waals surface area contributed by atoms with E-state index in [0.29, 0.717) is 18.6 Å². The molecule has 0 saturated carbocycles. The predicted molar refractivity (Wildman–Crippen MR) is 96.2 cm³/mol. The van der Waals surface area contributed by atoms with E-state index < -0.39 is 0 Å². The van der Waals surface area contributed by atoms with Crippen molar-refractivity contribution in [1.82, 2.24) is 10.2 Å². The average Bonchev–Trinajstić information content (AvgIpc) is 2.90. The van der Waals surface area contributed by atoms with Crippen molar-refractivity contribution in [3.8, 4) is 5.75 Å². The summed E-state index contributed by atoms with van der Waals surface area (Å²) in [4.78, 5) is 38.4. The summed E-state index contributed by atoms with van der Waals surface area (Å²) in [6, 6.07) is 7.27. The van der Waals surface area contributed by atoms with E-state index in [-0.39, 0.29) is 48.6 Å². The lowest BCUT2D eigenvalue weighted by Crippen LogP contribution is -2.36. The number of imide groups is 1. The Bertz CT molecular complexity index is 717. The molecular formula is C20H24N2O4. The summed E-state index contributed by atoms with van der Waals surface area (Å²) in [7, 11) is 1.59. The van der Waals surface area contributed by atoms with Crippen molar-refractivity contribution >= 4 is 17.7 Å². The van der Waals surface area contributed by atoms with Crippen molar-refractivity contribution in [2.45, 2.75) is 32.2 Å². The second kappa shape index (κ2) is 7.72. The number of ether oxygens (including phenoxy) is 1. The molecule has 1 aromatic carbocycles. The molecule has 1 fully saturated rings. The van der Waals surface area contributed by atoms with Gasteiger partial charge in [0.25, 0.3) is 0 Å². The zero-order valence-electron chi connectivity index (χ0n) is 15.1. The molecule has 2 aliphatic rings. The summed E-state index contributed by atoms with van der Waals surface area (Å²) in [5.74, 6) is -0.269. The molecule has 6 heteroatoms. The van der Waals surface area contributed by atoms with Crippen LogP contribution in [-0.4, -0.2) is 36.3 Å². The van der Waals surface area contributed by atoms with Gasteiger partial charge in [-0.2, -0.15) is 0 Å². The molecule has 1 N–H and O–H groups in total. The van der Waals surface area contributed by atoms with Crippen molar-refractivity contribution in [2.24, 2.45) is 11.8 Å². The van der Waals surface area contributed by atoms with Gasteiger partial charge in [0.05, 0.1) is 25.0 Å². The Morgan fingerprint density at radius 1 is 1.19 bits per heavy atom. The van der Waals surface area contributed by atoms with Gasteiger partial charge in [-0.05, 0) is 25.8 Å². The van der Waals surface area contributed by atoms with E-state index >= 15 is 0 Å². The van der Waals surface area contributed by atoms with Gasteiger partial charge in [-0.3, -0.25) is 19.3 Å². The van der Waals surface area contributed by atoms with Gasteiger partial charge in [0, 0.05) is 18.5 Å². The standard InChI is InChI=1S/C20H24N2O4/c1-13(14-7-5-6-10-17(14)26-2)21-18(23)11-12-22-19(24)15-8-3-4-9-16(15)20(22)25/h3-7,10,13,15-16H,8-9,11-12H2,1-2H3,(H,21,23)/t13?,15-,16+. The maximum atomic E-state index is 12.4. The fourth-order valence-corrected chi connectivity index (χ4v) is 3.72. The molecule has 1 heterocycles. The highest BCUT2D eigenvalue weighted by Gasteiger charge is 2.46. The Hall–Kier alpha value is -2.63. The molecule has 0 aromatic heterocycles. The minimum atomic E-state index is -0.247. The number of amides is 3. The van der Waals surface area contributed by atoms with Gasteiger partial charge in [-0.1, -0.05) is 30.4 Å². The number of carbonyl (C=O) groups excluding carboxylic acids is 3. The van der Waals surface area contributed by atoms with E-state index in [2.05, 4.69) is 5.32 Å². The zero-order valence-corrected chi connectivity index (χ0v) is 15.1. The Morgan fingerprint density at radius 3 is 2.42 bits per heavy atom. The van der Waals surface area contributed by atoms with E-state index in [1.807, 2.05) is 43.3 Å². The van der Waals surface area contributed by atoms with Gasteiger partial charge < -0.3 is 10.1 Å². The van der Waals surface area contributed by atoms with E-state index in [4.69, 9.17) is 4.74 Å². The maximum absolute atomic E-state index is 12.4. The quantitative estimate of drug-likeness (QED) is 0.626. The number of methoxy groups -OCH3 is 1. The third-order valence-electron chi connectivity index (χ3n) is 5.14. The number of para-hydroxylation sites is 1. The lowest BCUT2D eigenvalue weighted by atomic mass is 9.85. The number of rotatable bonds is 6. The predicted octanol–water partition coefficient (Wildman–Crippen LogP) is 2.21. The van der Waals surface area contributed by atoms with Crippen LogP contribution >= 0.6 is 0 Å². The van der Waals surface area contributed by atoms with Crippen LogP contribution in [0.2, 0.25) is 0 Å². The fourth-order valence-electron chi connectivity index (χ4n) is 3.72. The first-order valence-corrected chi connectivity index (χ1v) is 8.95. The van der Waals surface area contributed by atoms with Crippen LogP contribution in [0.25, 0.3) is 0 Å². The van der Waals surface area contributed by atoms with Crippen LogP contribution in [0.4, 0.5) is 0 Å². The molecule has 0 bridgehead atoms. The van der Waals surface area contributed by atoms with Crippen molar-refractivity contribution in [3.63, 3.8) is 0 Å². The Kier molecular flexibility index (Phi) is 5.40. The molecule has 0 spiro atoms. The highest BCUT2D eigenvalue weighted by atomic mass is 16.5. The third-order valence-corrected chi connectivity index (χ3v) is 5.14. The van der Waals surface area contributed by atoms with Crippen molar-refractivity contribution < 1.29 is 19.1 Å². The molecule has 1 saturated heterocycles. The van der Waals surface area contributed by atoms with Crippen LogP contribution in [-0.2, 0) is 14.4 Å². The molecule has 1 aliphatic heterocycles. The average molecular weight is 356 g/mol. The van der Waals surface area contributed by atoms with E-state index in [1.54, 1.807) is 7.11 Å². The highest BCUT2D eigenvalue weighted by Crippen LogP contribution is 2.35. The van der Waals surface area contributed by atoms with Gasteiger partial charge in [0.2, 0.25) is 17.7 Å². The van der Waals surface area contributed by atoms with Gasteiger partial charge in [0.1, 0.15) is 5.75 Å². The number of fused-ring (bicyclic) bond motifs is 1. The van der Waals surface area contributed by atoms with Crippen LogP contribution in [0.15, 0.2) is 36.4 Å². The number of hydrogen-bond donors (Lipinski definition) is 1. The van der Waals surface area contributed by atoms with Gasteiger partial charge >= 0.3 is 0 Å². The SMILES string of the molecule is COc1ccccc1C(C)NC(=O)CCN1C(=O)[C@H]2CC=CC[C@H]2C1=O. The number of nitrogens with one attached hydrogen (secondary N) is 1. The van der Waals surface area contributed by atoms with Crippen molar-refractivity contribution in [3.05, 3.63) is 42.0 Å². The molecule has 3 amide bonds. The molecule has 1 unspecified atom stereocenters. The lowest BCUT2D eigenvalue weighted by molar-refractivity contribution is -0.140. The van der Waals surface area contributed by atoms with E-state index in [0.717, 1.165) is 5.56 Å². The van der Waals surface area contributed by atoms with Crippen molar-refractivity contribution in [1.29, 1.82) is 0 Å². The fraction of sp³-hybridized carbons (Fsp3) is 0.450. The van der Waals surface area contributed by atoms with Crippen LogP contribution < -0.4 is 10.1 Å². The molecule has 1 aromatic rings. The van der Waals surface area contributed by atoms with E-state index in [9.17, 15) is 14.4 Å². The summed E-state index contributed by atoms with van der Waals surface area (Å²) in [6.45, 7) is 2.01. The summed E-state index contributed by atoms with van der Waals surface area (Å²) in [6.07, 6.45) is 5.24. The normalized spacial score (nSPS) is 22.9. The number of hydrogen-bond acceptors (Lipinski definition) is 4. The first-order chi connectivity index (χ1) is 12.5. The summed E-state index contributed by atoms with van der Waals surface area (Å²) < 4.78 is 5.32. The zero-order chi connectivity index (χ0) is 18.7. The number of likely N-dealkylation sites (tertiary alicyclic amines) is 1. The minimum absolute atomic E-state index is 0.101. The maximum Gasteiger partial charge on any atom is 0.233 e. The number of allylic oxidation sites excluding steroid dienone is 2. The smallest absolute Gasteiger partial charge is 0.233 e. The second-order valence-corrected chi connectivity index (χ2v) is 6.77. The van der Waals surface area contributed by atoms with Crippen molar-refractivity contribution in [2.75, 3.05) is 13.7 Å². The van der Waals surface area contributed by atoms with E-state index in [1.165, 1.54) is 4.90 Å². The molecule has 3 rings (SSSR count). The molecule has 26 heavy (non-hydrogen) atoms. The molecule has 3 atom stereocenters. The molecular weight excluding hydrogens is 332 g/mol. The van der Waals surface area contributed by atoms with Gasteiger partial charge in [-0.25, -0.2) is 0 Å². The topological polar surface area (TPSA) is 75.7 Å².